The fourth-order valence-corrected chi connectivity index (χ4v) is 4.72. The maximum absolute atomic E-state index is 12.8. The van der Waals surface area contributed by atoms with Crippen LogP contribution in [0.2, 0.25) is 5.02 Å². The van der Waals surface area contributed by atoms with Gasteiger partial charge in [0.1, 0.15) is 0 Å². The van der Waals surface area contributed by atoms with Gasteiger partial charge in [-0.2, -0.15) is 4.31 Å². The van der Waals surface area contributed by atoms with E-state index in [-0.39, 0.29) is 10.6 Å². The Morgan fingerprint density at radius 3 is 2.67 bits per heavy atom. The van der Waals surface area contributed by atoms with E-state index in [1.54, 1.807) is 13.0 Å². The molecule has 7 heteroatoms. The second-order valence-electron chi connectivity index (χ2n) is 4.65. The first-order valence-corrected chi connectivity index (χ1v) is 9.14. The monoisotopic (exact) mass is 344 g/mol. The third-order valence-corrected chi connectivity index (χ3v) is 6.43. The van der Waals surface area contributed by atoms with E-state index in [9.17, 15) is 8.42 Å². The highest BCUT2D eigenvalue weighted by Crippen LogP contribution is 2.29. The fourth-order valence-electron chi connectivity index (χ4n) is 2.03. The zero-order chi connectivity index (χ0) is 15.6. The van der Waals surface area contributed by atoms with Crippen molar-refractivity contribution in [2.75, 3.05) is 12.3 Å². The number of sulfonamides is 1. The second kappa shape index (κ2) is 6.36. The number of hydrogen-bond acceptors (Lipinski definition) is 4. The molecule has 2 aromatic rings. The van der Waals surface area contributed by atoms with Crippen LogP contribution < -0.4 is 5.73 Å². The van der Waals surface area contributed by atoms with Gasteiger partial charge in [0.15, 0.2) is 0 Å². The molecule has 0 bridgehead atoms. The van der Waals surface area contributed by atoms with Gasteiger partial charge < -0.3 is 5.73 Å². The first-order chi connectivity index (χ1) is 9.86. The molecule has 0 saturated heterocycles. The van der Waals surface area contributed by atoms with Crippen molar-refractivity contribution in [3.05, 3.63) is 45.1 Å². The minimum absolute atomic E-state index is 0.211. The Balaban J connectivity index is 2.42. The summed E-state index contributed by atoms with van der Waals surface area (Å²) in [5, 5.41) is 2.30. The molecule has 1 heterocycles. The summed E-state index contributed by atoms with van der Waals surface area (Å²) in [6.45, 7) is 4.29. The Labute approximate surface area is 134 Å². The molecule has 0 aliphatic carbocycles. The van der Waals surface area contributed by atoms with Crippen molar-refractivity contribution in [1.29, 1.82) is 0 Å². The lowest BCUT2D eigenvalue weighted by Crippen LogP contribution is -2.30. The molecule has 0 aliphatic rings. The molecule has 1 aromatic carbocycles. The number of anilines is 1. The summed E-state index contributed by atoms with van der Waals surface area (Å²) < 4.78 is 27.1. The van der Waals surface area contributed by atoms with Gasteiger partial charge in [-0.25, -0.2) is 8.42 Å². The largest absolute Gasteiger partial charge is 0.397 e. The van der Waals surface area contributed by atoms with E-state index in [2.05, 4.69) is 0 Å². The summed E-state index contributed by atoms with van der Waals surface area (Å²) in [4.78, 5) is 1.21. The van der Waals surface area contributed by atoms with Crippen LogP contribution >= 0.6 is 22.9 Å². The van der Waals surface area contributed by atoms with Gasteiger partial charge in [0.2, 0.25) is 10.0 Å². The van der Waals surface area contributed by atoms with Gasteiger partial charge in [0.25, 0.3) is 0 Å². The summed E-state index contributed by atoms with van der Waals surface area (Å²) in [6.07, 6.45) is 0. The zero-order valence-corrected chi connectivity index (χ0v) is 14.2. The number of thiophene rings is 1. The molecular weight excluding hydrogens is 328 g/mol. The molecule has 0 unspecified atom stereocenters. The van der Waals surface area contributed by atoms with E-state index in [4.69, 9.17) is 17.3 Å². The normalized spacial score (nSPS) is 12.0. The first-order valence-electron chi connectivity index (χ1n) is 6.44. The minimum atomic E-state index is -3.60. The number of rotatable bonds is 5. The van der Waals surface area contributed by atoms with Crippen molar-refractivity contribution in [3.63, 3.8) is 0 Å². The van der Waals surface area contributed by atoms with E-state index in [0.29, 0.717) is 23.7 Å². The van der Waals surface area contributed by atoms with E-state index >= 15 is 0 Å². The van der Waals surface area contributed by atoms with Crippen molar-refractivity contribution in [2.24, 2.45) is 0 Å². The van der Waals surface area contributed by atoms with Crippen LogP contribution in [0, 0.1) is 6.92 Å². The van der Waals surface area contributed by atoms with E-state index in [1.807, 2.05) is 24.4 Å². The highest BCUT2D eigenvalue weighted by atomic mass is 35.5. The van der Waals surface area contributed by atoms with Crippen LogP contribution in [-0.2, 0) is 16.6 Å². The molecule has 0 saturated carbocycles. The van der Waals surface area contributed by atoms with Crippen molar-refractivity contribution >= 4 is 38.6 Å². The van der Waals surface area contributed by atoms with Crippen molar-refractivity contribution in [2.45, 2.75) is 25.3 Å². The van der Waals surface area contributed by atoms with Crippen LogP contribution in [0.15, 0.2) is 34.5 Å². The average molecular weight is 345 g/mol. The summed E-state index contributed by atoms with van der Waals surface area (Å²) >= 11 is 7.47. The fraction of sp³-hybridized carbons (Fsp3) is 0.286. The summed E-state index contributed by atoms with van der Waals surface area (Å²) in [5.41, 5.74) is 6.62. The summed E-state index contributed by atoms with van der Waals surface area (Å²) in [5.74, 6) is 0. The van der Waals surface area contributed by atoms with E-state index < -0.39 is 10.0 Å². The molecular formula is C14H17ClN2O2S2. The maximum Gasteiger partial charge on any atom is 0.243 e. The number of aryl methyl sites for hydroxylation is 1. The van der Waals surface area contributed by atoms with Gasteiger partial charge in [-0.15, -0.1) is 11.3 Å². The van der Waals surface area contributed by atoms with Crippen LogP contribution in [0.4, 0.5) is 5.69 Å². The van der Waals surface area contributed by atoms with Crippen LogP contribution in [0.25, 0.3) is 0 Å². The van der Waals surface area contributed by atoms with Crippen LogP contribution in [-0.4, -0.2) is 19.3 Å². The molecule has 114 valence electrons. The Bertz CT molecular complexity index is 728. The molecule has 0 fully saturated rings. The highest BCUT2D eigenvalue weighted by molar-refractivity contribution is 7.89. The van der Waals surface area contributed by atoms with Gasteiger partial charge in [-0.1, -0.05) is 24.6 Å². The maximum atomic E-state index is 12.8. The third kappa shape index (κ3) is 3.40. The lowest BCUT2D eigenvalue weighted by atomic mass is 10.2. The molecule has 2 rings (SSSR count). The van der Waals surface area contributed by atoms with Gasteiger partial charge in [-0.05, 0) is 36.1 Å². The molecule has 2 N–H and O–H groups in total. The zero-order valence-electron chi connectivity index (χ0n) is 11.8. The standard InChI is InChI=1S/C14H17ClN2O2S2/c1-3-17(9-11-5-4-6-20-11)21(18,19)14-8-13(16)12(15)7-10(14)2/h4-8H,3,9,16H2,1-2H3. The molecule has 21 heavy (non-hydrogen) atoms. The predicted molar refractivity (Wildman–Crippen MR) is 88.2 cm³/mol. The van der Waals surface area contributed by atoms with E-state index in [0.717, 1.165) is 4.88 Å². The lowest BCUT2D eigenvalue weighted by molar-refractivity contribution is 0.426. The Hall–Kier alpha value is -1.08. The molecule has 0 atom stereocenters. The highest BCUT2D eigenvalue weighted by Gasteiger charge is 2.26. The molecule has 0 amide bonds. The van der Waals surface area contributed by atoms with Gasteiger partial charge >= 0.3 is 0 Å². The number of halogens is 1. The SMILES string of the molecule is CCN(Cc1cccs1)S(=O)(=O)c1cc(N)c(Cl)cc1C. The van der Waals surface area contributed by atoms with Crippen LogP contribution in [0.3, 0.4) is 0 Å². The number of nitrogens with zero attached hydrogens (tertiary/aromatic N) is 1. The Morgan fingerprint density at radius 1 is 1.38 bits per heavy atom. The van der Waals surface area contributed by atoms with Crippen molar-refractivity contribution < 1.29 is 8.42 Å². The molecule has 1 aromatic heterocycles. The first kappa shape index (κ1) is 16.3. The summed E-state index contributed by atoms with van der Waals surface area (Å²) in [6, 6.07) is 6.85. The minimum Gasteiger partial charge on any atom is -0.397 e. The van der Waals surface area contributed by atoms with Crippen LogP contribution in [0.1, 0.15) is 17.4 Å². The molecule has 0 aliphatic heterocycles. The quantitative estimate of drug-likeness (QED) is 0.844. The Kier molecular flexibility index (Phi) is 4.93. The molecule has 0 radical (unpaired) electrons. The number of benzene rings is 1. The molecule has 4 nitrogen and oxygen atoms in total. The predicted octanol–water partition coefficient (Wildman–Crippen LogP) is 3.50. The van der Waals surface area contributed by atoms with Gasteiger partial charge in [-0.3, -0.25) is 0 Å². The van der Waals surface area contributed by atoms with Crippen molar-refractivity contribution in [1.82, 2.24) is 4.31 Å². The lowest BCUT2D eigenvalue weighted by Gasteiger charge is -2.21. The smallest absolute Gasteiger partial charge is 0.243 e. The van der Waals surface area contributed by atoms with E-state index in [1.165, 1.54) is 21.7 Å². The van der Waals surface area contributed by atoms with Crippen molar-refractivity contribution in [3.8, 4) is 0 Å². The van der Waals surface area contributed by atoms with Gasteiger partial charge in [0, 0.05) is 18.0 Å². The summed E-state index contributed by atoms with van der Waals surface area (Å²) in [7, 11) is -3.60. The van der Waals surface area contributed by atoms with Crippen LogP contribution in [0.5, 0.6) is 0 Å². The topological polar surface area (TPSA) is 63.4 Å². The van der Waals surface area contributed by atoms with Gasteiger partial charge in [0.05, 0.1) is 15.6 Å². The average Bonchev–Trinajstić information content (AvgIpc) is 2.92. The third-order valence-electron chi connectivity index (χ3n) is 3.18. The second-order valence-corrected chi connectivity index (χ2v) is 8.00. The Morgan fingerprint density at radius 2 is 2.10 bits per heavy atom. The molecule has 0 spiro atoms. The number of nitrogen functional groups attached to an aromatic ring is 1. The number of nitrogens with two attached hydrogens (primary N) is 1. The number of hydrogen-bond donors (Lipinski definition) is 1.